The maximum Gasteiger partial charge on any atom is 0.118 e. The topological polar surface area (TPSA) is 46.2 Å². The predicted octanol–water partition coefficient (Wildman–Crippen LogP) is 7.25. The second-order valence-electron chi connectivity index (χ2n) is 10.2. The lowest BCUT2D eigenvalue weighted by Gasteiger charge is -2.41. The third-order valence-electron chi connectivity index (χ3n) is 7.15. The van der Waals surface area contributed by atoms with Crippen molar-refractivity contribution >= 4 is 6.08 Å². The maximum atomic E-state index is 6.63. The Morgan fingerprint density at radius 3 is 1.83 bits per heavy atom. The van der Waals surface area contributed by atoms with Crippen LogP contribution in [-0.2, 0) is 38.8 Å². The zero-order valence-electron chi connectivity index (χ0n) is 23.5. The van der Waals surface area contributed by atoms with Crippen LogP contribution in [0.1, 0.15) is 28.7 Å². The lowest BCUT2D eigenvalue weighted by Crippen LogP contribution is -2.52. The van der Waals surface area contributed by atoms with Crippen molar-refractivity contribution < 1.29 is 23.7 Å². The molecule has 1 fully saturated rings. The summed E-state index contributed by atoms with van der Waals surface area (Å²) >= 11 is 0. The molecule has 1 aliphatic heterocycles. The molecular weight excluding hydrogens is 512 g/mol. The molecule has 0 N–H and O–H groups in total. The van der Waals surface area contributed by atoms with Crippen molar-refractivity contribution in [2.45, 2.75) is 50.7 Å². The summed E-state index contributed by atoms with van der Waals surface area (Å²) in [7, 11) is 1.67. The molecule has 0 aliphatic carbocycles. The van der Waals surface area contributed by atoms with Gasteiger partial charge in [-0.2, -0.15) is 0 Å². The summed E-state index contributed by atoms with van der Waals surface area (Å²) in [5.74, 6) is 0.833. The van der Waals surface area contributed by atoms with Crippen LogP contribution in [0, 0.1) is 0 Å². The van der Waals surface area contributed by atoms with Crippen LogP contribution >= 0.6 is 0 Å². The monoisotopic (exact) mass is 550 g/mol. The SMILES string of the molecule is COc1ccc(/C=C/[C@@H]2C[C@@H](OCc3ccccc3)[C@@H](OCc3ccccc3)[C@@H](COCc3ccccc3)O2)cc1. The van der Waals surface area contributed by atoms with Gasteiger partial charge in [0, 0.05) is 6.42 Å². The van der Waals surface area contributed by atoms with Crippen LogP contribution in [-0.4, -0.2) is 38.1 Å². The first-order chi connectivity index (χ1) is 20.3. The summed E-state index contributed by atoms with van der Waals surface area (Å²) in [4.78, 5) is 0. The largest absolute Gasteiger partial charge is 0.497 e. The van der Waals surface area contributed by atoms with Gasteiger partial charge in [-0.25, -0.2) is 0 Å². The van der Waals surface area contributed by atoms with E-state index in [1.54, 1.807) is 7.11 Å². The minimum atomic E-state index is -0.303. The summed E-state index contributed by atoms with van der Waals surface area (Å²) in [6.45, 7) is 1.88. The molecule has 0 aromatic heterocycles. The van der Waals surface area contributed by atoms with E-state index in [2.05, 4.69) is 48.6 Å². The molecular formula is C36H38O5. The van der Waals surface area contributed by atoms with Crippen LogP contribution in [0.4, 0.5) is 0 Å². The van der Waals surface area contributed by atoms with E-state index >= 15 is 0 Å². The Morgan fingerprint density at radius 2 is 1.24 bits per heavy atom. The van der Waals surface area contributed by atoms with Crippen LogP contribution in [0.5, 0.6) is 5.75 Å². The molecule has 0 amide bonds. The van der Waals surface area contributed by atoms with Crippen molar-refractivity contribution in [3.63, 3.8) is 0 Å². The Kier molecular flexibility index (Phi) is 10.7. The molecule has 5 nitrogen and oxygen atoms in total. The van der Waals surface area contributed by atoms with E-state index in [1.165, 1.54) is 0 Å². The highest BCUT2D eigenvalue weighted by Gasteiger charge is 2.40. The molecule has 4 aromatic rings. The van der Waals surface area contributed by atoms with Crippen LogP contribution in [0.15, 0.2) is 121 Å². The molecule has 5 rings (SSSR count). The van der Waals surface area contributed by atoms with E-state index < -0.39 is 0 Å². The Bertz CT molecular complexity index is 1310. The number of benzene rings is 4. The van der Waals surface area contributed by atoms with E-state index in [1.807, 2.05) is 78.9 Å². The van der Waals surface area contributed by atoms with Crippen molar-refractivity contribution in [1.29, 1.82) is 0 Å². The van der Waals surface area contributed by atoms with Crippen molar-refractivity contribution in [3.05, 3.63) is 144 Å². The molecule has 4 atom stereocenters. The van der Waals surface area contributed by atoms with Gasteiger partial charge < -0.3 is 23.7 Å². The summed E-state index contributed by atoms with van der Waals surface area (Å²) in [5, 5.41) is 0. The van der Waals surface area contributed by atoms with E-state index in [-0.39, 0.29) is 24.4 Å². The molecule has 0 unspecified atom stereocenters. The van der Waals surface area contributed by atoms with Gasteiger partial charge in [-0.05, 0) is 34.4 Å². The molecule has 1 saturated heterocycles. The smallest absolute Gasteiger partial charge is 0.118 e. The predicted molar refractivity (Wildman–Crippen MR) is 161 cm³/mol. The average molecular weight is 551 g/mol. The van der Waals surface area contributed by atoms with Crippen molar-refractivity contribution in [2.24, 2.45) is 0 Å². The zero-order chi connectivity index (χ0) is 28.1. The summed E-state index contributed by atoms with van der Waals surface area (Å²) in [6, 6.07) is 38.6. The number of hydrogen-bond acceptors (Lipinski definition) is 5. The quantitative estimate of drug-likeness (QED) is 0.175. The Balaban J connectivity index is 1.34. The molecule has 41 heavy (non-hydrogen) atoms. The standard InChI is InChI=1S/C36H38O5/c1-37-32-20-17-28(18-21-32)19-22-33-23-34(39-25-30-13-7-3-8-14-30)36(40-26-31-15-9-4-10-16-31)35(41-33)27-38-24-29-11-5-2-6-12-29/h2-22,33-36H,23-27H2,1H3/b22-19+/t33-,34-,35-,36-/m1/s1. The van der Waals surface area contributed by atoms with Gasteiger partial charge in [0.05, 0.1) is 45.7 Å². The Morgan fingerprint density at radius 1 is 0.683 bits per heavy atom. The fraction of sp³-hybridized carbons (Fsp3) is 0.278. The normalized spacial score (nSPS) is 20.7. The Hall–Kier alpha value is -3.74. The summed E-state index contributed by atoms with van der Waals surface area (Å²) in [6.07, 6.45) is 3.95. The van der Waals surface area contributed by atoms with Crippen LogP contribution < -0.4 is 4.74 Å². The Labute approximate surface area is 243 Å². The van der Waals surface area contributed by atoms with Crippen LogP contribution in [0.2, 0.25) is 0 Å². The van der Waals surface area contributed by atoms with Gasteiger partial charge >= 0.3 is 0 Å². The zero-order valence-corrected chi connectivity index (χ0v) is 23.5. The molecule has 0 spiro atoms. The van der Waals surface area contributed by atoms with E-state index in [0.717, 1.165) is 28.0 Å². The minimum Gasteiger partial charge on any atom is -0.497 e. The van der Waals surface area contributed by atoms with Crippen LogP contribution in [0.3, 0.4) is 0 Å². The van der Waals surface area contributed by atoms with E-state index in [0.29, 0.717) is 32.8 Å². The minimum absolute atomic E-state index is 0.153. The number of methoxy groups -OCH3 is 1. The molecule has 4 aromatic carbocycles. The highest BCUT2D eigenvalue weighted by atomic mass is 16.6. The van der Waals surface area contributed by atoms with Crippen molar-refractivity contribution in [1.82, 2.24) is 0 Å². The molecule has 0 radical (unpaired) electrons. The first-order valence-corrected chi connectivity index (χ1v) is 14.2. The molecule has 0 bridgehead atoms. The van der Waals surface area contributed by atoms with Gasteiger partial charge in [-0.15, -0.1) is 0 Å². The highest BCUT2D eigenvalue weighted by molar-refractivity contribution is 5.51. The summed E-state index contributed by atoms with van der Waals surface area (Å²) in [5.41, 5.74) is 4.44. The van der Waals surface area contributed by atoms with Gasteiger partial charge in [-0.1, -0.05) is 115 Å². The highest BCUT2D eigenvalue weighted by Crippen LogP contribution is 2.29. The van der Waals surface area contributed by atoms with E-state index in [9.17, 15) is 0 Å². The van der Waals surface area contributed by atoms with Crippen molar-refractivity contribution in [2.75, 3.05) is 13.7 Å². The first kappa shape index (κ1) is 28.8. The van der Waals surface area contributed by atoms with Gasteiger partial charge in [0.15, 0.2) is 0 Å². The van der Waals surface area contributed by atoms with Gasteiger partial charge in [0.2, 0.25) is 0 Å². The molecule has 212 valence electrons. The number of hydrogen-bond donors (Lipinski definition) is 0. The van der Waals surface area contributed by atoms with E-state index in [4.69, 9.17) is 23.7 Å². The molecule has 1 aliphatic rings. The number of rotatable bonds is 13. The maximum absolute atomic E-state index is 6.63. The lowest BCUT2D eigenvalue weighted by atomic mass is 9.96. The second-order valence-corrected chi connectivity index (χ2v) is 10.2. The van der Waals surface area contributed by atoms with Crippen LogP contribution in [0.25, 0.3) is 6.08 Å². The van der Waals surface area contributed by atoms with Crippen molar-refractivity contribution in [3.8, 4) is 5.75 Å². The fourth-order valence-electron chi connectivity index (χ4n) is 4.94. The molecule has 0 saturated carbocycles. The first-order valence-electron chi connectivity index (χ1n) is 14.2. The molecule has 1 heterocycles. The van der Waals surface area contributed by atoms with Gasteiger partial charge in [0.1, 0.15) is 18.0 Å². The van der Waals surface area contributed by atoms with Gasteiger partial charge in [-0.3, -0.25) is 0 Å². The molecule has 5 heteroatoms. The fourth-order valence-corrected chi connectivity index (χ4v) is 4.94. The average Bonchev–Trinajstić information content (AvgIpc) is 3.04. The third kappa shape index (κ3) is 8.87. The van der Waals surface area contributed by atoms with Gasteiger partial charge in [0.25, 0.3) is 0 Å². The summed E-state index contributed by atoms with van der Waals surface area (Å²) < 4.78 is 31.2. The lowest BCUT2D eigenvalue weighted by molar-refractivity contribution is -0.211. The third-order valence-corrected chi connectivity index (χ3v) is 7.15. The number of ether oxygens (including phenoxy) is 5. The second kappa shape index (κ2) is 15.3.